The Labute approximate surface area is 69.8 Å². The van der Waals surface area contributed by atoms with Crippen molar-refractivity contribution in [3.8, 4) is 0 Å². The van der Waals surface area contributed by atoms with Gasteiger partial charge in [0.1, 0.15) is 0 Å². The number of amides is 2. The van der Waals surface area contributed by atoms with Crippen molar-refractivity contribution >= 4 is 17.4 Å². The molecular weight excluding hydrogens is 154 g/mol. The Morgan fingerprint density at radius 1 is 1.42 bits per heavy atom. The van der Waals surface area contributed by atoms with Gasteiger partial charge in [0.2, 0.25) is 0 Å². The summed E-state index contributed by atoms with van der Waals surface area (Å²) in [4.78, 5) is 10.9. The molecule has 2 rings (SSSR count). The predicted octanol–water partition coefficient (Wildman–Crippen LogP) is 0.904. The SMILES string of the molecule is Nc1ccc2c(c1)NC(=O)NC2. The van der Waals surface area contributed by atoms with Crippen LogP contribution in [0.3, 0.4) is 0 Å². The molecule has 1 aromatic carbocycles. The second-order valence-electron chi connectivity index (χ2n) is 2.72. The van der Waals surface area contributed by atoms with E-state index in [0.717, 1.165) is 11.3 Å². The second-order valence-corrected chi connectivity index (χ2v) is 2.72. The zero-order valence-electron chi connectivity index (χ0n) is 6.42. The maximum atomic E-state index is 10.9. The first kappa shape index (κ1) is 6.97. The summed E-state index contributed by atoms with van der Waals surface area (Å²) in [6.07, 6.45) is 0. The lowest BCUT2D eigenvalue weighted by Gasteiger charge is -2.18. The van der Waals surface area contributed by atoms with Crippen LogP contribution < -0.4 is 16.4 Å². The molecule has 0 spiro atoms. The first-order valence-electron chi connectivity index (χ1n) is 3.69. The molecule has 0 fully saturated rings. The van der Waals surface area contributed by atoms with Crippen molar-refractivity contribution in [3.05, 3.63) is 23.8 Å². The van der Waals surface area contributed by atoms with Crippen LogP contribution in [0.5, 0.6) is 0 Å². The van der Waals surface area contributed by atoms with Crippen molar-refractivity contribution < 1.29 is 4.79 Å². The Kier molecular flexibility index (Phi) is 1.40. The third kappa shape index (κ3) is 1.07. The van der Waals surface area contributed by atoms with E-state index in [1.54, 1.807) is 6.07 Å². The Morgan fingerprint density at radius 3 is 3.08 bits per heavy atom. The van der Waals surface area contributed by atoms with Gasteiger partial charge in [0.25, 0.3) is 0 Å². The standard InChI is InChI=1S/C8H9N3O/c9-6-2-1-5-4-10-8(12)11-7(5)3-6/h1-3H,4,9H2,(H2,10,11,12). The van der Waals surface area contributed by atoms with Gasteiger partial charge in [-0.2, -0.15) is 0 Å². The number of fused-ring (bicyclic) bond motifs is 1. The van der Waals surface area contributed by atoms with Crippen molar-refractivity contribution in [3.63, 3.8) is 0 Å². The molecule has 12 heavy (non-hydrogen) atoms. The highest BCUT2D eigenvalue weighted by molar-refractivity contribution is 5.92. The van der Waals surface area contributed by atoms with Gasteiger partial charge < -0.3 is 16.4 Å². The van der Waals surface area contributed by atoms with E-state index in [9.17, 15) is 4.79 Å². The van der Waals surface area contributed by atoms with E-state index >= 15 is 0 Å². The summed E-state index contributed by atoms with van der Waals surface area (Å²) in [7, 11) is 0. The van der Waals surface area contributed by atoms with Crippen LogP contribution in [0.2, 0.25) is 0 Å². The zero-order valence-corrected chi connectivity index (χ0v) is 6.42. The first-order valence-corrected chi connectivity index (χ1v) is 3.69. The summed E-state index contributed by atoms with van der Waals surface area (Å²) in [5, 5.41) is 5.34. The monoisotopic (exact) mass is 163 g/mol. The molecule has 0 aromatic heterocycles. The van der Waals surface area contributed by atoms with E-state index in [2.05, 4.69) is 10.6 Å². The fourth-order valence-corrected chi connectivity index (χ4v) is 1.21. The molecule has 0 aliphatic carbocycles. The lowest BCUT2D eigenvalue weighted by molar-refractivity contribution is 0.251. The zero-order chi connectivity index (χ0) is 8.55. The molecule has 2 amide bonds. The van der Waals surface area contributed by atoms with Crippen LogP contribution in [-0.4, -0.2) is 6.03 Å². The molecule has 1 aromatic rings. The van der Waals surface area contributed by atoms with Crippen molar-refractivity contribution in [2.24, 2.45) is 0 Å². The van der Waals surface area contributed by atoms with E-state index in [4.69, 9.17) is 5.73 Å². The van der Waals surface area contributed by atoms with Gasteiger partial charge in [0.15, 0.2) is 0 Å². The molecule has 1 aliphatic rings. The molecule has 4 heteroatoms. The minimum Gasteiger partial charge on any atom is -0.399 e. The summed E-state index contributed by atoms with van der Waals surface area (Å²) < 4.78 is 0. The van der Waals surface area contributed by atoms with Crippen molar-refractivity contribution in [1.29, 1.82) is 0 Å². The topological polar surface area (TPSA) is 67.1 Å². The van der Waals surface area contributed by atoms with Gasteiger partial charge in [-0.05, 0) is 17.7 Å². The van der Waals surface area contributed by atoms with Gasteiger partial charge >= 0.3 is 6.03 Å². The molecule has 0 saturated heterocycles. The van der Waals surface area contributed by atoms with Crippen LogP contribution in [-0.2, 0) is 6.54 Å². The minimum absolute atomic E-state index is 0.173. The quantitative estimate of drug-likeness (QED) is 0.497. The Hall–Kier alpha value is -1.71. The summed E-state index contributed by atoms with van der Waals surface area (Å²) in [6, 6.07) is 5.30. The number of anilines is 2. The average Bonchev–Trinajstić information content (AvgIpc) is 2.03. The fraction of sp³-hybridized carbons (Fsp3) is 0.125. The number of hydrogen-bond acceptors (Lipinski definition) is 2. The third-order valence-corrected chi connectivity index (χ3v) is 1.82. The average molecular weight is 163 g/mol. The van der Waals surface area contributed by atoms with Gasteiger partial charge in [0.05, 0.1) is 0 Å². The number of carbonyl (C=O) groups excluding carboxylic acids is 1. The number of nitrogen functional groups attached to an aromatic ring is 1. The van der Waals surface area contributed by atoms with E-state index in [1.807, 2.05) is 12.1 Å². The van der Waals surface area contributed by atoms with Crippen molar-refractivity contribution in [2.75, 3.05) is 11.1 Å². The molecular formula is C8H9N3O. The van der Waals surface area contributed by atoms with Crippen LogP contribution >= 0.6 is 0 Å². The second kappa shape index (κ2) is 2.41. The van der Waals surface area contributed by atoms with Gasteiger partial charge in [-0.1, -0.05) is 6.07 Å². The highest BCUT2D eigenvalue weighted by atomic mass is 16.2. The number of nitrogens with two attached hydrogens (primary N) is 1. The fourth-order valence-electron chi connectivity index (χ4n) is 1.21. The van der Waals surface area contributed by atoms with Gasteiger partial charge in [-0.3, -0.25) is 0 Å². The van der Waals surface area contributed by atoms with Gasteiger partial charge in [-0.25, -0.2) is 4.79 Å². The lowest BCUT2D eigenvalue weighted by atomic mass is 10.1. The smallest absolute Gasteiger partial charge is 0.319 e. The summed E-state index contributed by atoms with van der Waals surface area (Å²) in [6.45, 7) is 0.571. The molecule has 0 bridgehead atoms. The number of hydrogen-bond donors (Lipinski definition) is 3. The molecule has 1 heterocycles. The Morgan fingerprint density at radius 2 is 2.25 bits per heavy atom. The largest absolute Gasteiger partial charge is 0.399 e. The summed E-state index contributed by atoms with van der Waals surface area (Å²) in [5.41, 5.74) is 8.08. The van der Waals surface area contributed by atoms with Crippen LogP contribution in [0.4, 0.5) is 16.2 Å². The van der Waals surface area contributed by atoms with E-state index in [1.165, 1.54) is 0 Å². The highest BCUT2D eigenvalue weighted by Gasteiger charge is 2.12. The van der Waals surface area contributed by atoms with Crippen molar-refractivity contribution in [2.45, 2.75) is 6.54 Å². The molecule has 0 radical (unpaired) electrons. The normalized spacial score (nSPS) is 14.5. The number of nitrogens with one attached hydrogen (secondary N) is 2. The summed E-state index contributed by atoms with van der Waals surface area (Å²) >= 11 is 0. The molecule has 0 atom stereocenters. The number of rotatable bonds is 0. The van der Waals surface area contributed by atoms with E-state index in [-0.39, 0.29) is 6.03 Å². The van der Waals surface area contributed by atoms with Crippen LogP contribution in [0.15, 0.2) is 18.2 Å². The number of urea groups is 1. The van der Waals surface area contributed by atoms with Crippen LogP contribution in [0, 0.1) is 0 Å². The van der Waals surface area contributed by atoms with Crippen molar-refractivity contribution in [1.82, 2.24) is 5.32 Å². The number of benzene rings is 1. The third-order valence-electron chi connectivity index (χ3n) is 1.82. The molecule has 0 unspecified atom stereocenters. The maximum Gasteiger partial charge on any atom is 0.319 e. The predicted molar refractivity (Wildman–Crippen MR) is 46.7 cm³/mol. The molecule has 0 saturated carbocycles. The minimum atomic E-state index is -0.173. The molecule has 62 valence electrons. The molecule has 4 N–H and O–H groups in total. The first-order chi connectivity index (χ1) is 5.75. The van der Waals surface area contributed by atoms with E-state index < -0.39 is 0 Å². The lowest BCUT2D eigenvalue weighted by Crippen LogP contribution is -2.33. The Bertz CT molecular complexity index is 335. The highest BCUT2D eigenvalue weighted by Crippen LogP contribution is 2.21. The molecule has 4 nitrogen and oxygen atoms in total. The van der Waals surface area contributed by atoms with E-state index in [0.29, 0.717) is 12.2 Å². The van der Waals surface area contributed by atoms with Gasteiger partial charge in [-0.15, -0.1) is 0 Å². The van der Waals surface area contributed by atoms with Crippen LogP contribution in [0.1, 0.15) is 5.56 Å². The number of carbonyl (C=O) groups is 1. The maximum absolute atomic E-state index is 10.9. The molecule has 1 aliphatic heterocycles. The Balaban J connectivity index is 2.44. The van der Waals surface area contributed by atoms with Crippen LogP contribution in [0.25, 0.3) is 0 Å². The van der Waals surface area contributed by atoms with Gasteiger partial charge in [0, 0.05) is 17.9 Å². The summed E-state index contributed by atoms with van der Waals surface area (Å²) in [5.74, 6) is 0.